The molecule has 1 amide bonds. The molecule has 29 heavy (non-hydrogen) atoms. The molecular formula is C22H21NO6. The Hall–Kier alpha value is -3.74. The van der Waals surface area contributed by atoms with Crippen molar-refractivity contribution < 1.29 is 28.5 Å². The third kappa shape index (κ3) is 4.57. The van der Waals surface area contributed by atoms with Crippen molar-refractivity contribution in [2.75, 3.05) is 33.3 Å². The minimum absolute atomic E-state index is 0.251. The first-order chi connectivity index (χ1) is 14.0. The van der Waals surface area contributed by atoms with Gasteiger partial charge in [0.2, 0.25) is 0 Å². The maximum absolute atomic E-state index is 12.5. The van der Waals surface area contributed by atoms with E-state index in [2.05, 4.69) is 5.32 Å². The summed E-state index contributed by atoms with van der Waals surface area (Å²) >= 11 is 0. The maximum atomic E-state index is 12.5. The van der Waals surface area contributed by atoms with Gasteiger partial charge in [-0.1, -0.05) is 24.3 Å². The van der Waals surface area contributed by atoms with Crippen molar-refractivity contribution in [2.24, 2.45) is 0 Å². The van der Waals surface area contributed by atoms with E-state index in [4.69, 9.17) is 18.9 Å². The average Bonchev–Trinajstić information content (AvgIpc) is 2.76. The summed E-state index contributed by atoms with van der Waals surface area (Å²) in [4.78, 5) is 24.7. The zero-order chi connectivity index (χ0) is 20.8. The summed E-state index contributed by atoms with van der Waals surface area (Å²) in [6.07, 6.45) is 0. The van der Waals surface area contributed by atoms with Crippen molar-refractivity contribution in [3.63, 3.8) is 0 Å². The molecule has 3 rings (SSSR count). The fourth-order valence-electron chi connectivity index (χ4n) is 2.84. The molecular weight excluding hydrogens is 374 g/mol. The topological polar surface area (TPSA) is 83.1 Å². The molecule has 0 fully saturated rings. The van der Waals surface area contributed by atoms with Crippen molar-refractivity contribution >= 4 is 28.3 Å². The first kappa shape index (κ1) is 20.0. The van der Waals surface area contributed by atoms with E-state index in [1.807, 2.05) is 24.3 Å². The van der Waals surface area contributed by atoms with Crippen molar-refractivity contribution in [1.82, 2.24) is 0 Å². The molecule has 0 bridgehead atoms. The van der Waals surface area contributed by atoms with Crippen LogP contribution in [0.25, 0.3) is 10.8 Å². The third-order valence-electron chi connectivity index (χ3n) is 4.30. The zero-order valence-corrected chi connectivity index (χ0v) is 16.4. The number of benzene rings is 3. The van der Waals surface area contributed by atoms with Gasteiger partial charge >= 0.3 is 5.97 Å². The van der Waals surface area contributed by atoms with Gasteiger partial charge in [-0.15, -0.1) is 0 Å². The molecule has 0 aliphatic rings. The van der Waals surface area contributed by atoms with E-state index in [0.717, 1.165) is 10.8 Å². The molecule has 0 aliphatic carbocycles. The van der Waals surface area contributed by atoms with E-state index in [9.17, 15) is 9.59 Å². The fraction of sp³-hybridized carbons (Fsp3) is 0.182. The van der Waals surface area contributed by atoms with Gasteiger partial charge in [-0.2, -0.15) is 0 Å². The van der Waals surface area contributed by atoms with Crippen molar-refractivity contribution in [1.29, 1.82) is 0 Å². The van der Waals surface area contributed by atoms with Crippen molar-refractivity contribution in [3.05, 3.63) is 60.2 Å². The molecule has 0 spiro atoms. The van der Waals surface area contributed by atoms with Gasteiger partial charge in [0.05, 0.1) is 27.0 Å². The molecule has 0 atom stereocenters. The van der Waals surface area contributed by atoms with Crippen LogP contribution in [0.3, 0.4) is 0 Å². The summed E-state index contributed by atoms with van der Waals surface area (Å²) in [6.45, 7) is -0.454. The Labute approximate surface area is 168 Å². The second-order valence-corrected chi connectivity index (χ2v) is 6.09. The maximum Gasteiger partial charge on any atom is 0.342 e. The van der Waals surface area contributed by atoms with Gasteiger partial charge in [-0.3, -0.25) is 4.79 Å². The predicted molar refractivity (Wildman–Crippen MR) is 109 cm³/mol. The van der Waals surface area contributed by atoms with Crippen LogP contribution in [0.2, 0.25) is 0 Å². The summed E-state index contributed by atoms with van der Waals surface area (Å²) in [5.41, 5.74) is 0.693. The van der Waals surface area contributed by atoms with E-state index < -0.39 is 18.5 Å². The van der Waals surface area contributed by atoms with E-state index in [0.29, 0.717) is 22.9 Å². The number of amides is 1. The van der Waals surface area contributed by atoms with Crippen LogP contribution in [0.4, 0.5) is 5.69 Å². The Kier molecular flexibility index (Phi) is 6.19. The lowest BCUT2D eigenvalue weighted by atomic mass is 10.1. The number of rotatable bonds is 7. The molecule has 0 radical (unpaired) electrons. The third-order valence-corrected chi connectivity index (χ3v) is 4.30. The quantitative estimate of drug-likeness (QED) is 0.615. The second-order valence-electron chi connectivity index (χ2n) is 6.09. The molecule has 0 heterocycles. The first-order valence-electron chi connectivity index (χ1n) is 8.81. The zero-order valence-electron chi connectivity index (χ0n) is 16.4. The summed E-state index contributed by atoms with van der Waals surface area (Å²) < 4.78 is 20.8. The molecule has 1 N–H and O–H groups in total. The Morgan fingerprint density at radius 3 is 2.17 bits per heavy atom. The van der Waals surface area contributed by atoms with Gasteiger partial charge in [0.1, 0.15) is 22.8 Å². The lowest BCUT2D eigenvalue weighted by Crippen LogP contribution is -2.21. The number of nitrogens with one attached hydrogen (secondary N) is 1. The number of hydrogen-bond donors (Lipinski definition) is 1. The van der Waals surface area contributed by atoms with Crippen molar-refractivity contribution in [2.45, 2.75) is 0 Å². The number of anilines is 1. The highest BCUT2D eigenvalue weighted by Crippen LogP contribution is 2.29. The molecule has 0 unspecified atom stereocenters. The molecule has 0 saturated carbocycles. The standard InChI is InChI=1S/C22H21NO6/c1-26-16-8-9-18(20(12-16)28-3)23-21(24)13-29-22(25)17-10-14-6-4-5-7-15(14)11-19(17)27-2/h4-12H,13H2,1-3H3,(H,23,24). The highest BCUT2D eigenvalue weighted by atomic mass is 16.5. The van der Waals surface area contributed by atoms with Crippen LogP contribution >= 0.6 is 0 Å². The van der Waals surface area contributed by atoms with Crippen LogP contribution in [0.15, 0.2) is 54.6 Å². The van der Waals surface area contributed by atoms with E-state index >= 15 is 0 Å². The summed E-state index contributed by atoms with van der Waals surface area (Å²) in [7, 11) is 4.49. The van der Waals surface area contributed by atoms with Gasteiger partial charge in [0.15, 0.2) is 6.61 Å². The van der Waals surface area contributed by atoms with E-state index in [-0.39, 0.29) is 5.56 Å². The lowest BCUT2D eigenvalue weighted by Gasteiger charge is -2.13. The molecule has 3 aromatic rings. The van der Waals surface area contributed by atoms with Crippen LogP contribution < -0.4 is 19.5 Å². The van der Waals surface area contributed by atoms with Crippen LogP contribution in [0.5, 0.6) is 17.2 Å². The number of esters is 1. The fourth-order valence-corrected chi connectivity index (χ4v) is 2.84. The van der Waals surface area contributed by atoms with Gasteiger partial charge in [0, 0.05) is 6.07 Å². The number of methoxy groups -OCH3 is 3. The van der Waals surface area contributed by atoms with Gasteiger partial charge in [-0.05, 0) is 35.0 Å². The number of fused-ring (bicyclic) bond motifs is 1. The Morgan fingerprint density at radius 1 is 0.828 bits per heavy atom. The summed E-state index contributed by atoms with van der Waals surface area (Å²) in [5, 5.41) is 4.45. The summed E-state index contributed by atoms with van der Waals surface area (Å²) in [6, 6.07) is 16.0. The van der Waals surface area contributed by atoms with Gasteiger partial charge in [-0.25, -0.2) is 4.79 Å². The number of hydrogen-bond acceptors (Lipinski definition) is 6. The van der Waals surface area contributed by atoms with Crippen LogP contribution in [-0.4, -0.2) is 39.8 Å². The monoisotopic (exact) mass is 395 g/mol. The van der Waals surface area contributed by atoms with Gasteiger partial charge in [0.25, 0.3) is 5.91 Å². The molecule has 0 aliphatic heterocycles. The predicted octanol–water partition coefficient (Wildman–Crippen LogP) is 3.66. The molecule has 0 aromatic heterocycles. The SMILES string of the molecule is COc1ccc(NC(=O)COC(=O)c2cc3ccccc3cc2OC)c(OC)c1. The Morgan fingerprint density at radius 2 is 1.52 bits per heavy atom. The number of carbonyl (C=O) groups excluding carboxylic acids is 2. The normalized spacial score (nSPS) is 10.3. The Balaban J connectivity index is 1.69. The average molecular weight is 395 g/mol. The van der Waals surface area contributed by atoms with E-state index in [1.54, 1.807) is 30.3 Å². The van der Waals surface area contributed by atoms with Crippen LogP contribution in [0, 0.1) is 0 Å². The lowest BCUT2D eigenvalue weighted by molar-refractivity contribution is -0.119. The number of carbonyl (C=O) groups is 2. The molecule has 3 aromatic carbocycles. The summed E-state index contributed by atoms with van der Waals surface area (Å²) in [5.74, 6) is 0.256. The second kappa shape index (κ2) is 8.97. The highest BCUT2D eigenvalue weighted by Gasteiger charge is 2.17. The molecule has 7 heteroatoms. The van der Waals surface area contributed by atoms with Crippen molar-refractivity contribution in [3.8, 4) is 17.2 Å². The number of ether oxygens (including phenoxy) is 4. The van der Waals surface area contributed by atoms with Crippen LogP contribution in [0.1, 0.15) is 10.4 Å². The molecule has 0 saturated heterocycles. The smallest absolute Gasteiger partial charge is 0.342 e. The van der Waals surface area contributed by atoms with E-state index in [1.165, 1.54) is 21.3 Å². The minimum atomic E-state index is -0.649. The largest absolute Gasteiger partial charge is 0.497 e. The first-order valence-corrected chi connectivity index (χ1v) is 8.81. The Bertz CT molecular complexity index is 1050. The highest BCUT2D eigenvalue weighted by molar-refractivity contribution is 6.00. The molecule has 7 nitrogen and oxygen atoms in total. The van der Waals surface area contributed by atoms with Gasteiger partial charge < -0.3 is 24.3 Å². The molecule has 150 valence electrons. The van der Waals surface area contributed by atoms with Crippen LogP contribution in [-0.2, 0) is 9.53 Å². The minimum Gasteiger partial charge on any atom is -0.497 e.